The number of rotatable bonds is 8. The van der Waals surface area contributed by atoms with Crippen LogP contribution in [0.1, 0.15) is 29.2 Å². The highest BCUT2D eigenvalue weighted by Crippen LogP contribution is 2.27. The Kier molecular flexibility index (Phi) is 6.90. The molecule has 0 fully saturated rings. The maximum atomic E-state index is 12.3. The Morgan fingerprint density at radius 1 is 1.38 bits per heavy atom. The summed E-state index contributed by atoms with van der Waals surface area (Å²) in [6, 6.07) is 2.02. The van der Waals surface area contributed by atoms with Crippen LogP contribution in [0.3, 0.4) is 0 Å². The molecular weight excluding hydrogens is 366 g/mol. The van der Waals surface area contributed by atoms with Crippen LogP contribution in [0.4, 0.5) is 0 Å². The van der Waals surface area contributed by atoms with Crippen LogP contribution in [-0.4, -0.2) is 34.1 Å². The highest BCUT2D eigenvalue weighted by Gasteiger charge is 2.23. The zero-order chi connectivity index (χ0) is 17.5. The number of thioether (sulfide) groups is 1. The second-order valence-electron chi connectivity index (χ2n) is 4.73. The van der Waals surface area contributed by atoms with Crippen LogP contribution in [-0.2, 0) is 20.7 Å². The maximum Gasteiger partial charge on any atom is 0.311 e. The van der Waals surface area contributed by atoms with Crippen molar-refractivity contribution in [1.82, 2.24) is 9.97 Å². The minimum Gasteiger partial charge on any atom is -0.466 e. The van der Waals surface area contributed by atoms with Gasteiger partial charge in [-0.1, -0.05) is 11.8 Å². The van der Waals surface area contributed by atoms with Crippen LogP contribution in [0, 0.1) is 18.3 Å². The Labute approximate surface area is 151 Å². The SMILES string of the molecule is CCOC(=O)Cc1csc(SCC(=O)[C@@H](C#N)c2nc(C)cs2)n1. The van der Waals surface area contributed by atoms with E-state index >= 15 is 0 Å². The van der Waals surface area contributed by atoms with E-state index in [9.17, 15) is 14.9 Å². The summed E-state index contributed by atoms with van der Waals surface area (Å²) < 4.78 is 5.56. The second kappa shape index (κ2) is 8.92. The molecule has 0 aliphatic heterocycles. The molecule has 6 nitrogen and oxygen atoms in total. The van der Waals surface area contributed by atoms with Gasteiger partial charge >= 0.3 is 5.97 Å². The second-order valence-corrected chi connectivity index (χ2v) is 7.70. The largest absolute Gasteiger partial charge is 0.466 e. The third-order valence-corrected chi connectivity index (χ3v) is 5.95. The molecule has 1 atom stereocenters. The Hall–Kier alpha value is -1.76. The Bertz CT molecular complexity index is 763. The van der Waals surface area contributed by atoms with Crippen molar-refractivity contribution in [1.29, 1.82) is 5.26 Å². The summed E-state index contributed by atoms with van der Waals surface area (Å²) in [4.78, 5) is 32.2. The van der Waals surface area contributed by atoms with E-state index in [4.69, 9.17) is 4.74 Å². The summed E-state index contributed by atoms with van der Waals surface area (Å²) in [6.07, 6.45) is 0.123. The molecule has 0 unspecified atom stereocenters. The molecule has 0 amide bonds. The predicted molar refractivity (Wildman–Crippen MR) is 93.4 cm³/mol. The fourth-order valence-corrected chi connectivity index (χ4v) is 4.39. The van der Waals surface area contributed by atoms with Gasteiger partial charge in [0, 0.05) is 16.5 Å². The van der Waals surface area contributed by atoms with E-state index in [0.29, 0.717) is 21.6 Å². The Morgan fingerprint density at radius 2 is 2.17 bits per heavy atom. The van der Waals surface area contributed by atoms with Crippen LogP contribution in [0.25, 0.3) is 0 Å². The topological polar surface area (TPSA) is 92.9 Å². The van der Waals surface area contributed by atoms with Crippen molar-refractivity contribution in [2.45, 2.75) is 30.5 Å². The van der Waals surface area contributed by atoms with E-state index in [1.807, 2.05) is 18.4 Å². The molecule has 2 aromatic rings. The van der Waals surface area contributed by atoms with Gasteiger partial charge in [0.15, 0.2) is 16.0 Å². The number of esters is 1. The highest BCUT2D eigenvalue weighted by atomic mass is 32.2. The molecule has 2 rings (SSSR count). The number of nitrogens with zero attached hydrogens (tertiary/aromatic N) is 3. The lowest BCUT2D eigenvalue weighted by Crippen LogP contribution is -2.13. The number of carbonyl (C=O) groups excluding carboxylic acids is 2. The molecule has 0 N–H and O–H groups in total. The van der Waals surface area contributed by atoms with Gasteiger partial charge < -0.3 is 4.74 Å². The molecule has 0 radical (unpaired) electrons. The number of aryl methyl sites for hydroxylation is 1. The minimum atomic E-state index is -0.838. The van der Waals surface area contributed by atoms with Crippen molar-refractivity contribution >= 4 is 46.2 Å². The summed E-state index contributed by atoms with van der Waals surface area (Å²) >= 11 is 3.95. The summed E-state index contributed by atoms with van der Waals surface area (Å²) in [6.45, 7) is 3.92. The van der Waals surface area contributed by atoms with Crippen molar-refractivity contribution in [3.8, 4) is 6.07 Å². The molecule has 126 valence electrons. The molecule has 2 aromatic heterocycles. The van der Waals surface area contributed by atoms with Crippen molar-refractivity contribution in [2.24, 2.45) is 0 Å². The van der Waals surface area contributed by atoms with Gasteiger partial charge in [0.05, 0.1) is 30.5 Å². The average Bonchev–Trinajstić information content (AvgIpc) is 3.15. The summed E-state index contributed by atoms with van der Waals surface area (Å²) in [7, 11) is 0. The van der Waals surface area contributed by atoms with Gasteiger partial charge in [-0.3, -0.25) is 9.59 Å². The smallest absolute Gasteiger partial charge is 0.311 e. The molecular formula is C15H15N3O3S3. The standard InChI is InChI=1S/C15H15N3O3S3/c1-3-21-13(20)4-10-7-23-15(18-10)24-8-12(19)11(5-16)14-17-9(2)6-22-14/h6-7,11H,3-4,8H2,1-2H3/t11-/m1/s1. The first-order chi connectivity index (χ1) is 11.5. The number of thiazole rings is 2. The zero-order valence-corrected chi connectivity index (χ0v) is 15.6. The van der Waals surface area contributed by atoms with Crippen LogP contribution in [0.2, 0.25) is 0 Å². The van der Waals surface area contributed by atoms with Crippen LogP contribution < -0.4 is 0 Å². The summed E-state index contributed by atoms with van der Waals surface area (Å²) in [5.41, 5.74) is 1.43. The number of hydrogen-bond acceptors (Lipinski definition) is 9. The van der Waals surface area contributed by atoms with Gasteiger partial charge in [-0.25, -0.2) is 9.97 Å². The molecule has 9 heteroatoms. The molecule has 24 heavy (non-hydrogen) atoms. The Morgan fingerprint density at radius 3 is 2.79 bits per heavy atom. The van der Waals surface area contributed by atoms with Gasteiger partial charge in [0.2, 0.25) is 0 Å². The maximum absolute atomic E-state index is 12.3. The monoisotopic (exact) mass is 381 g/mol. The van der Waals surface area contributed by atoms with E-state index in [1.165, 1.54) is 34.4 Å². The van der Waals surface area contributed by atoms with E-state index < -0.39 is 5.92 Å². The number of ether oxygens (including phenoxy) is 1. The number of ketones is 1. The van der Waals surface area contributed by atoms with Gasteiger partial charge in [-0.05, 0) is 13.8 Å². The average molecular weight is 382 g/mol. The van der Waals surface area contributed by atoms with Gasteiger partial charge in [-0.2, -0.15) is 5.26 Å². The van der Waals surface area contributed by atoms with Crippen molar-refractivity contribution in [3.05, 3.63) is 27.2 Å². The molecule has 0 saturated carbocycles. The van der Waals surface area contributed by atoms with E-state index in [-0.39, 0.29) is 23.9 Å². The van der Waals surface area contributed by atoms with Crippen LogP contribution in [0.5, 0.6) is 0 Å². The van der Waals surface area contributed by atoms with Gasteiger partial charge in [0.25, 0.3) is 0 Å². The first-order valence-electron chi connectivity index (χ1n) is 7.10. The fourth-order valence-electron chi connectivity index (χ4n) is 1.78. The number of hydrogen-bond donors (Lipinski definition) is 0. The normalized spacial score (nSPS) is 11.7. The van der Waals surface area contributed by atoms with Crippen LogP contribution in [0.15, 0.2) is 15.1 Å². The third-order valence-electron chi connectivity index (χ3n) is 2.83. The predicted octanol–water partition coefficient (Wildman–Crippen LogP) is 2.98. The molecule has 0 saturated heterocycles. The highest BCUT2D eigenvalue weighted by molar-refractivity contribution is 8.01. The van der Waals surface area contributed by atoms with Crippen LogP contribution >= 0.6 is 34.4 Å². The molecule has 0 aromatic carbocycles. The first-order valence-corrected chi connectivity index (χ1v) is 9.85. The lowest BCUT2D eigenvalue weighted by atomic mass is 10.1. The number of aromatic nitrogens is 2. The van der Waals surface area contributed by atoms with Gasteiger partial charge in [-0.15, -0.1) is 22.7 Å². The zero-order valence-electron chi connectivity index (χ0n) is 13.1. The quantitative estimate of drug-likeness (QED) is 0.512. The molecule has 0 aliphatic carbocycles. The molecule has 2 heterocycles. The van der Waals surface area contributed by atoms with Crippen molar-refractivity contribution in [2.75, 3.05) is 12.4 Å². The number of carbonyl (C=O) groups is 2. The van der Waals surface area contributed by atoms with Crippen molar-refractivity contribution < 1.29 is 14.3 Å². The van der Waals surface area contributed by atoms with Crippen molar-refractivity contribution in [3.63, 3.8) is 0 Å². The minimum absolute atomic E-state index is 0.123. The molecule has 0 spiro atoms. The Balaban J connectivity index is 1.91. The summed E-state index contributed by atoms with van der Waals surface area (Å²) in [5, 5.41) is 13.4. The van der Waals surface area contributed by atoms with E-state index in [0.717, 1.165) is 5.69 Å². The third kappa shape index (κ3) is 5.12. The molecule has 0 bridgehead atoms. The number of Topliss-reactive ketones (excluding diaryl/α,β-unsaturated/α-hetero) is 1. The van der Waals surface area contributed by atoms with E-state index in [1.54, 1.807) is 12.3 Å². The summed E-state index contributed by atoms with van der Waals surface area (Å²) in [5.74, 6) is -1.21. The lowest BCUT2D eigenvalue weighted by molar-refractivity contribution is -0.142. The lowest BCUT2D eigenvalue weighted by Gasteiger charge is -2.03. The fraction of sp³-hybridized carbons (Fsp3) is 0.400. The van der Waals surface area contributed by atoms with E-state index in [2.05, 4.69) is 9.97 Å². The number of nitriles is 1. The van der Waals surface area contributed by atoms with Gasteiger partial charge in [0.1, 0.15) is 5.01 Å². The first kappa shape index (κ1) is 18.6. The molecule has 0 aliphatic rings.